The Morgan fingerprint density at radius 2 is 0.865 bits per heavy atom. The summed E-state index contributed by atoms with van der Waals surface area (Å²) in [6.45, 7) is 0. The zero-order valence-corrected chi connectivity index (χ0v) is 28.5. The van der Waals surface area contributed by atoms with Gasteiger partial charge in [-0.05, 0) is 105 Å². The second-order valence-corrected chi connectivity index (χ2v) is 13.4. The van der Waals surface area contributed by atoms with Crippen LogP contribution in [0.4, 0.5) is 17.1 Å². The monoisotopic (exact) mass is 662 g/mol. The molecule has 2 nitrogen and oxygen atoms in total. The Kier molecular flexibility index (Phi) is 7.18. The van der Waals surface area contributed by atoms with Crippen molar-refractivity contribution < 1.29 is 0 Å². The second kappa shape index (κ2) is 12.5. The smallest absolute Gasteiger partial charge is 0.0625 e. The number of para-hydroxylation sites is 2. The molecule has 244 valence electrons. The molecule has 0 unspecified atom stereocenters. The van der Waals surface area contributed by atoms with Crippen molar-refractivity contribution in [2.45, 2.75) is 0 Å². The number of rotatable bonds is 6. The summed E-state index contributed by atoms with van der Waals surface area (Å²) < 4.78 is 2.47. The van der Waals surface area contributed by atoms with Gasteiger partial charge in [-0.25, -0.2) is 0 Å². The van der Waals surface area contributed by atoms with Crippen molar-refractivity contribution in [2.75, 3.05) is 4.90 Å². The molecule has 1 heterocycles. The van der Waals surface area contributed by atoms with Gasteiger partial charge in [0.25, 0.3) is 0 Å². The van der Waals surface area contributed by atoms with E-state index in [1.165, 1.54) is 65.6 Å². The normalized spacial score (nSPS) is 11.5. The van der Waals surface area contributed by atoms with E-state index in [0.29, 0.717) is 0 Å². The third-order valence-corrected chi connectivity index (χ3v) is 10.3. The highest BCUT2D eigenvalue weighted by atomic mass is 15.1. The number of nitrogens with zero attached hydrogens (tertiary/aromatic N) is 2. The topological polar surface area (TPSA) is 8.17 Å². The Hall–Kier alpha value is -6.90. The molecule has 10 aromatic rings. The van der Waals surface area contributed by atoms with Crippen LogP contribution in [0.25, 0.3) is 71.3 Å². The summed E-state index contributed by atoms with van der Waals surface area (Å²) in [6.07, 6.45) is 0. The third kappa shape index (κ3) is 5.04. The average Bonchev–Trinajstić information content (AvgIpc) is 3.55. The fraction of sp³-hybridized carbons (Fsp3) is 0. The highest BCUT2D eigenvalue weighted by Gasteiger charge is 2.20. The summed E-state index contributed by atoms with van der Waals surface area (Å²) in [5.74, 6) is 0. The van der Waals surface area contributed by atoms with Crippen molar-refractivity contribution in [3.05, 3.63) is 206 Å². The van der Waals surface area contributed by atoms with E-state index in [9.17, 15) is 0 Å². The van der Waals surface area contributed by atoms with Gasteiger partial charge in [-0.2, -0.15) is 0 Å². The van der Waals surface area contributed by atoms with E-state index < -0.39 is 0 Å². The number of hydrogen-bond donors (Lipinski definition) is 0. The van der Waals surface area contributed by atoms with Gasteiger partial charge < -0.3 is 9.47 Å². The van der Waals surface area contributed by atoms with Crippen LogP contribution in [0.2, 0.25) is 0 Å². The zero-order valence-electron chi connectivity index (χ0n) is 28.5. The number of hydrogen-bond acceptors (Lipinski definition) is 1. The van der Waals surface area contributed by atoms with Crippen molar-refractivity contribution in [1.29, 1.82) is 0 Å². The number of aromatic nitrogens is 1. The van der Waals surface area contributed by atoms with Gasteiger partial charge in [-0.15, -0.1) is 0 Å². The molecular formula is C50H34N2. The van der Waals surface area contributed by atoms with Crippen LogP contribution < -0.4 is 4.90 Å². The summed E-state index contributed by atoms with van der Waals surface area (Å²) in [5.41, 5.74) is 11.8. The molecule has 10 rings (SSSR count). The van der Waals surface area contributed by atoms with Crippen LogP contribution in [0.3, 0.4) is 0 Å². The van der Waals surface area contributed by atoms with Crippen molar-refractivity contribution in [3.63, 3.8) is 0 Å². The Labute approximate surface area is 303 Å². The lowest BCUT2D eigenvalue weighted by Crippen LogP contribution is -2.10. The van der Waals surface area contributed by atoms with Gasteiger partial charge >= 0.3 is 0 Å². The van der Waals surface area contributed by atoms with E-state index in [1.54, 1.807) is 0 Å². The van der Waals surface area contributed by atoms with Crippen molar-refractivity contribution in [1.82, 2.24) is 4.57 Å². The first kappa shape index (κ1) is 30.0. The quantitative estimate of drug-likeness (QED) is 0.172. The van der Waals surface area contributed by atoms with Gasteiger partial charge in [-0.1, -0.05) is 140 Å². The highest BCUT2D eigenvalue weighted by molar-refractivity contribution is 6.21. The lowest BCUT2D eigenvalue weighted by atomic mass is 9.93. The van der Waals surface area contributed by atoms with E-state index in [-0.39, 0.29) is 0 Å². The molecule has 0 bridgehead atoms. The molecule has 0 atom stereocenters. The predicted octanol–water partition coefficient (Wildman–Crippen LogP) is 13.9. The Bertz CT molecular complexity index is 2870. The van der Waals surface area contributed by atoms with Crippen molar-refractivity contribution >= 4 is 60.4 Å². The zero-order chi connectivity index (χ0) is 34.4. The molecule has 0 saturated heterocycles. The standard InChI is InChI=1S/C50H34N2/c1-3-13-35(14-4-1)37-25-27-42(28-26-37)51(41-18-5-2-6-19-41)43-29-31-44(32-30-43)52-48-22-12-11-21-46(48)47-34-39-17-9-10-20-45(39)49(50(47)52)40-24-23-36-15-7-8-16-38(36)33-40/h1-34H. The number of benzene rings is 9. The molecule has 0 amide bonds. The lowest BCUT2D eigenvalue weighted by molar-refractivity contribution is 1.18. The van der Waals surface area contributed by atoms with Crippen LogP contribution in [-0.4, -0.2) is 4.57 Å². The van der Waals surface area contributed by atoms with Crippen LogP contribution in [0.15, 0.2) is 206 Å². The molecular weight excluding hydrogens is 629 g/mol. The van der Waals surface area contributed by atoms with Gasteiger partial charge in [-0.3, -0.25) is 0 Å². The summed E-state index contributed by atoms with van der Waals surface area (Å²) in [7, 11) is 0. The second-order valence-electron chi connectivity index (χ2n) is 13.4. The minimum Gasteiger partial charge on any atom is -0.311 e. The van der Waals surface area contributed by atoms with E-state index in [0.717, 1.165) is 22.7 Å². The van der Waals surface area contributed by atoms with Crippen LogP contribution in [0, 0.1) is 0 Å². The molecule has 0 spiro atoms. The summed E-state index contributed by atoms with van der Waals surface area (Å²) >= 11 is 0. The van der Waals surface area contributed by atoms with E-state index >= 15 is 0 Å². The van der Waals surface area contributed by atoms with Gasteiger partial charge in [0.2, 0.25) is 0 Å². The number of fused-ring (bicyclic) bond motifs is 5. The van der Waals surface area contributed by atoms with Crippen LogP contribution in [0.1, 0.15) is 0 Å². The van der Waals surface area contributed by atoms with Gasteiger partial charge in [0.15, 0.2) is 0 Å². The molecule has 2 heteroatoms. The molecule has 0 fully saturated rings. The maximum atomic E-state index is 2.47. The maximum Gasteiger partial charge on any atom is 0.0625 e. The van der Waals surface area contributed by atoms with Crippen LogP contribution >= 0.6 is 0 Å². The Morgan fingerprint density at radius 1 is 0.327 bits per heavy atom. The first-order valence-corrected chi connectivity index (χ1v) is 17.9. The molecule has 0 aliphatic heterocycles. The molecule has 0 saturated carbocycles. The van der Waals surface area contributed by atoms with Crippen molar-refractivity contribution in [3.8, 4) is 27.9 Å². The van der Waals surface area contributed by atoms with Gasteiger partial charge in [0, 0.05) is 39.1 Å². The third-order valence-electron chi connectivity index (χ3n) is 10.3. The van der Waals surface area contributed by atoms with Crippen molar-refractivity contribution in [2.24, 2.45) is 0 Å². The first-order valence-electron chi connectivity index (χ1n) is 17.9. The molecule has 52 heavy (non-hydrogen) atoms. The molecule has 9 aromatic carbocycles. The van der Waals surface area contributed by atoms with Gasteiger partial charge in [0.05, 0.1) is 11.0 Å². The fourth-order valence-corrected chi connectivity index (χ4v) is 7.90. The average molecular weight is 663 g/mol. The molecule has 0 N–H and O–H groups in total. The summed E-state index contributed by atoms with van der Waals surface area (Å²) in [5, 5.41) is 7.49. The fourth-order valence-electron chi connectivity index (χ4n) is 7.90. The Balaban J connectivity index is 1.17. The van der Waals surface area contributed by atoms with E-state index in [1.807, 2.05) is 0 Å². The summed E-state index contributed by atoms with van der Waals surface area (Å²) in [4.78, 5) is 2.33. The minimum absolute atomic E-state index is 1.10. The van der Waals surface area contributed by atoms with Gasteiger partial charge in [0.1, 0.15) is 0 Å². The van der Waals surface area contributed by atoms with Crippen LogP contribution in [0.5, 0.6) is 0 Å². The largest absolute Gasteiger partial charge is 0.311 e. The molecule has 0 aliphatic rings. The molecule has 0 radical (unpaired) electrons. The maximum absolute atomic E-state index is 2.47. The van der Waals surface area contributed by atoms with E-state index in [2.05, 4.69) is 216 Å². The number of anilines is 3. The van der Waals surface area contributed by atoms with E-state index in [4.69, 9.17) is 0 Å². The molecule has 1 aromatic heterocycles. The lowest BCUT2D eigenvalue weighted by Gasteiger charge is -2.26. The van der Waals surface area contributed by atoms with Crippen LogP contribution in [-0.2, 0) is 0 Å². The predicted molar refractivity (Wildman–Crippen MR) is 221 cm³/mol. The Morgan fingerprint density at radius 3 is 1.62 bits per heavy atom. The highest BCUT2D eigenvalue weighted by Crippen LogP contribution is 2.44. The minimum atomic E-state index is 1.10. The summed E-state index contributed by atoms with van der Waals surface area (Å²) in [6, 6.07) is 74.6. The first-order chi connectivity index (χ1) is 25.8. The SMILES string of the molecule is c1ccc(-c2ccc(N(c3ccccc3)c3ccc(-n4c5ccccc5c5cc6ccccc6c(-c6ccc7ccccc7c6)c54)cc3)cc2)cc1. The molecule has 0 aliphatic carbocycles.